The van der Waals surface area contributed by atoms with Gasteiger partial charge in [0.2, 0.25) is 0 Å². The normalized spacial score (nSPS) is 11.2. The highest BCUT2D eigenvalue weighted by Crippen LogP contribution is 2.24. The molecule has 0 saturated carbocycles. The van der Waals surface area contributed by atoms with Crippen LogP contribution in [0.3, 0.4) is 0 Å². The fourth-order valence-electron chi connectivity index (χ4n) is 2.37. The van der Waals surface area contributed by atoms with E-state index in [4.69, 9.17) is 14.2 Å². The second-order valence-electron chi connectivity index (χ2n) is 5.60. The largest absolute Gasteiger partial charge is 0.465 e. The third kappa shape index (κ3) is 5.95. The highest BCUT2D eigenvalue weighted by atomic mass is 16.6. The molecule has 0 atom stereocenters. The summed E-state index contributed by atoms with van der Waals surface area (Å²) in [5.41, 5.74) is 0.898. The summed E-state index contributed by atoms with van der Waals surface area (Å²) in [6, 6.07) is 16.4. The molecule has 142 valence electrons. The number of aliphatic imine (C=N–C) groups is 1. The van der Waals surface area contributed by atoms with Crippen LogP contribution >= 0.6 is 0 Å². The van der Waals surface area contributed by atoms with E-state index in [9.17, 15) is 9.59 Å². The Bertz CT molecular complexity index is 766. The van der Waals surface area contributed by atoms with E-state index in [1.54, 1.807) is 45.0 Å². The van der Waals surface area contributed by atoms with Crippen LogP contribution in [0.1, 0.15) is 20.8 Å². The number of rotatable bonds is 8. The van der Waals surface area contributed by atoms with E-state index in [1.165, 1.54) is 0 Å². The number of carbonyl (C=O) groups excluding carboxylic acids is 2. The zero-order chi connectivity index (χ0) is 19.6. The first-order valence-corrected chi connectivity index (χ1v) is 8.76. The topological polar surface area (TPSA) is 74.2 Å². The van der Waals surface area contributed by atoms with Crippen molar-refractivity contribution in [3.05, 3.63) is 54.6 Å². The van der Waals surface area contributed by atoms with Crippen molar-refractivity contribution in [1.29, 1.82) is 0 Å². The monoisotopic (exact) mass is 369 g/mol. The van der Waals surface area contributed by atoms with Crippen molar-refractivity contribution in [3.8, 4) is 11.5 Å². The number of benzene rings is 2. The average molecular weight is 369 g/mol. The van der Waals surface area contributed by atoms with E-state index in [0.717, 1.165) is 5.75 Å². The minimum atomic E-state index is -1.18. The van der Waals surface area contributed by atoms with Crippen LogP contribution in [0, 0.1) is 5.92 Å². The van der Waals surface area contributed by atoms with Gasteiger partial charge in [-0.05, 0) is 57.2 Å². The molecule has 0 saturated heterocycles. The molecule has 0 heterocycles. The first-order valence-electron chi connectivity index (χ1n) is 8.76. The van der Waals surface area contributed by atoms with Crippen molar-refractivity contribution >= 4 is 23.3 Å². The van der Waals surface area contributed by atoms with Gasteiger partial charge in [-0.1, -0.05) is 18.2 Å². The molecule has 27 heavy (non-hydrogen) atoms. The quantitative estimate of drug-likeness (QED) is 0.394. The lowest BCUT2D eigenvalue weighted by molar-refractivity contribution is -0.157. The van der Waals surface area contributed by atoms with Crippen LogP contribution in [-0.2, 0) is 19.1 Å². The van der Waals surface area contributed by atoms with Crippen molar-refractivity contribution < 1.29 is 23.8 Å². The lowest BCUT2D eigenvalue weighted by atomic mass is 10.0. The van der Waals surface area contributed by atoms with Gasteiger partial charge in [0.05, 0.1) is 18.9 Å². The molecule has 0 N–H and O–H groups in total. The number of hydrogen-bond acceptors (Lipinski definition) is 6. The zero-order valence-corrected chi connectivity index (χ0v) is 15.7. The number of para-hydroxylation sites is 1. The molecule has 0 aliphatic heterocycles. The smallest absolute Gasteiger partial charge is 0.326 e. The van der Waals surface area contributed by atoms with E-state index in [2.05, 4.69) is 4.99 Å². The fraction of sp³-hybridized carbons (Fsp3) is 0.286. The van der Waals surface area contributed by atoms with Crippen LogP contribution in [0.5, 0.6) is 11.5 Å². The van der Waals surface area contributed by atoms with Crippen LogP contribution in [0.25, 0.3) is 0 Å². The van der Waals surface area contributed by atoms with E-state index < -0.39 is 17.9 Å². The Morgan fingerprint density at radius 3 is 1.89 bits per heavy atom. The molecule has 6 nitrogen and oxygen atoms in total. The van der Waals surface area contributed by atoms with Crippen LogP contribution in [0.15, 0.2) is 59.6 Å². The van der Waals surface area contributed by atoms with Crippen molar-refractivity contribution in [3.63, 3.8) is 0 Å². The minimum Gasteiger partial charge on any atom is -0.465 e. The Hall–Kier alpha value is -3.15. The third-order valence-corrected chi connectivity index (χ3v) is 3.58. The van der Waals surface area contributed by atoms with Crippen molar-refractivity contribution in [2.45, 2.75) is 20.8 Å². The summed E-state index contributed by atoms with van der Waals surface area (Å²) < 4.78 is 15.7. The Kier molecular flexibility index (Phi) is 7.55. The number of nitrogens with zero attached hydrogens (tertiary/aromatic N) is 1. The Morgan fingerprint density at radius 1 is 0.852 bits per heavy atom. The molecule has 2 rings (SSSR count). The van der Waals surface area contributed by atoms with Gasteiger partial charge in [-0.3, -0.25) is 14.6 Å². The van der Waals surface area contributed by atoms with E-state index >= 15 is 0 Å². The third-order valence-electron chi connectivity index (χ3n) is 3.58. The summed E-state index contributed by atoms with van der Waals surface area (Å²) in [7, 11) is 0. The summed E-state index contributed by atoms with van der Waals surface area (Å²) >= 11 is 0. The zero-order valence-electron chi connectivity index (χ0n) is 15.7. The van der Waals surface area contributed by atoms with Crippen LogP contribution in [0.2, 0.25) is 0 Å². The number of esters is 2. The molecule has 2 aromatic carbocycles. The second kappa shape index (κ2) is 10.1. The van der Waals surface area contributed by atoms with E-state index in [-0.39, 0.29) is 13.2 Å². The Balaban J connectivity index is 2.16. The predicted molar refractivity (Wildman–Crippen MR) is 102 cm³/mol. The van der Waals surface area contributed by atoms with Gasteiger partial charge >= 0.3 is 11.9 Å². The van der Waals surface area contributed by atoms with Crippen molar-refractivity contribution in [1.82, 2.24) is 0 Å². The molecule has 0 radical (unpaired) electrons. The molecule has 0 bridgehead atoms. The standard InChI is InChI=1S/C21H23NO5/c1-4-25-20(23)19(21(24)26-5-2)15(3)22-16-11-13-18(14-12-16)27-17-9-7-6-8-10-17/h6-14,19H,4-5H2,1-3H3. The molecule has 0 fully saturated rings. The van der Waals surface area contributed by atoms with Gasteiger partial charge in [0.15, 0.2) is 5.92 Å². The summed E-state index contributed by atoms with van der Waals surface area (Å²) in [5, 5.41) is 0. The molecule has 0 aromatic heterocycles. The fourth-order valence-corrected chi connectivity index (χ4v) is 2.37. The predicted octanol–water partition coefficient (Wildman–Crippen LogP) is 4.31. The average Bonchev–Trinajstić information content (AvgIpc) is 2.65. The maximum absolute atomic E-state index is 12.1. The molecular weight excluding hydrogens is 346 g/mol. The first kappa shape index (κ1) is 20.2. The highest BCUT2D eigenvalue weighted by Gasteiger charge is 2.32. The maximum atomic E-state index is 12.1. The molecular formula is C21H23NO5. The summed E-state index contributed by atoms with van der Waals surface area (Å²) in [6.45, 7) is 5.31. The minimum absolute atomic E-state index is 0.174. The first-order chi connectivity index (χ1) is 13.0. The summed E-state index contributed by atoms with van der Waals surface area (Å²) in [6.07, 6.45) is 0. The van der Waals surface area contributed by atoms with Gasteiger partial charge < -0.3 is 14.2 Å². The molecule has 0 unspecified atom stereocenters. The Labute approximate surface area is 158 Å². The lowest BCUT2D eigenvalue weighted by Gasteiger charge is -2.14. The summed E-state index contributed by atoms with van der Waals surface area (Å²) in [5.74, 6) is -1.12. The van der Waals surface area contributed by atoms with Crippen LogP contribution < -0.4 is 4.74 Å². The van der Waals surface area contributed by atoms with E-state index in [0.29, 0.717) is 17.1 Å². The van der Waals surface area contributed by atoms with Crippen molar-refractivity contribution in [2.24, 2.45) is 10.9 Å². The molecule has 0 spiro atoms. The van der Waals surface area contributed by atoms with Gasteiger partial charge in [0, 0.05) is 5.71 Å². The molecule has 0 aliphatic rings. The van der Waals surface area contributed by atoms with Gasteiger partial charge in [-0.25, -0.2) is 0 Å². The van der Waals surface area contributed by atoms with Crippen LogP contribution in [-0.4, -0.2) is 30.9 Å². The summed E-state index contributed by atoms with van der Waals surface area (Å²) in [4.78, 5) is 28.6. The number of ether oxygens (including phenoxy) is 3. The molecule has 0 aliphatic carbocycles. The maximum Gasteiger partial charge on any atom is 0.326 e. The SMILES string of the molecule is CCOC(=O)C(C(=O)OCC)C(C)=Nc1ccc(Oc2ccccc2)cc1. The lowest BCUT2D eigenvalue weighted by Crippen LogP contribution is -2.33. The van der Waals surface area contributed by atoms with Gasteiger partial charge in [0.25, 0.3) is 0 Å². The molecule has 0 amide bonds. The number of hydrogen-bond donors (Lipinski definition) is 0. The Morgan fingerprint density at radius 2 is 1.37 bits per heavy atom. The van der Waals surface area contributed by atoms with Crippen molar-refractivity contribution in [2.75, 3.05) is 13.2 Å². The van der Waals surface area contributed by atoms with E-state index in [1.807, 2.05) is 30.3 Å². The molecule has 6 heteroatoms. The van der Waals surface area contributed by atoms with Crippen LogP contribution in [0.4, 0.5) is 5.69 Å². The van der Waals surface area contributed by atoms with Gasteiger partial charge in [-0.2, -0.15) is 0 Å². The highest BCUT2D eigenvalue weighted by molar-refractivity contribution is 6.16. The number of carbonyl (C=O) groups is 2. The van der Waals surface area contributed by atoms with Gasteiger partial charge in [0.1, 0.15) is 11.5 Å². The second-order valence-corrected chi connectivity index (χ2v) is 5.60. The molecule has 2 aromatic rings. The van der Waals surface area contributed by atoms with Gasteiger partial charge in [-0.15, -0.1) is 0 Å².